The number of amides is 1. The van der Waals surface area contributed by atoms with Crippen molar-refractivity contribution in [1.29, 1.82) is 0 Å². The van der Waals surface area contributed by atoms with Gasteiger partial charge in [0.1, 0.15) is 5.82 Å². The van der Waals surface area contributed by atoms with Crippen LogP contribution in [0.25, 0.3) is 0 Å². The number of likely N-dealkylation sites (tertiary alicyclic amines) is 1. The lowest BCUT2D eigenvalue weighted by Crippen LogP contribution is -2.39. The van der Waals surface area contributed by atoms with Crippen LogP contribution in [0.4, 0.5) is 0 Å². The summed E-state index contributed by atoms with van der Waals surface area (Å²) >= 11 is 0. The number of imidazole rings is 1. The van der Waals surface area contributed by atoms with Gasteiger partial charge < -0.3 is 9.47 Å². The highest BCUT2D eigenvalue weighted by Crippen LogP contribution is 2.21. The molecule has 0 saturated carbocycles. The minimum absolute atomic E-state index is 0.164. The molecule has 4 nitrogen and oxygen atoms in total. The van der Waals surface area contributed by atoms with Crippen molar-refractivity contribution in [2.24, 2.45) is 5.92 Å². The first-order chi connectivity index (χ1) is 10.6. The summed E-state index contributed by atoms with van der Waals surface area (Å²) in [5.74, 6) is 1.87. The van der Waals surface area contributed by atoms with E-state index in [-0.39, 0.29) is 5.91 Å². The van der Waals surface area contributed by atoms with Crippen LogP contribution >= 0.6 is 0 Å². The highest BCUT2D eigenvalue weighted by molar-refractivity contribution is 5.94. The van der Waals surface area contributed by atoms with Crippen molar-refractivity contribution in [3.8, 4) is 0 Å². The smallest absolute Gasteiger partial charge is 0.253 e. The van der Waals surface area contributed by atoms with Gasteiger partial charge in [0.25, 0.3) is 5.91 Å². The Morgan fingerprint density at radius 2 is 1.86 bits per heavy atom. The lowest BCUT2D eigenvalue weighted by molar-refractivity contribution is 0.0682. The third kappa shape index (κ3) is 3.21. The number of aryl methyl sites for hydroxylation is 2. The monoisotopic (exact) mass is 297 g/mol. The van der Waals surface area contributed by atoms with Crippen LogP contribution in [-0.2, 0) is 6.54 Å². The molecular formula is C18H23N3O. The molecule has 2 aromatic rings. The van der Waals surface area contributed by atoms with Crippen molar-refractivity contribution in [2.75, 3.05) is 13.1 Å². The Kier molecular flexibility index (Phi) is 4.27. The second kappa shape index (κ2) is 6.34. The molecular weight excluding hydrogens is 274 g/mol. The summed E-state index contributed by atoms with van der Waals surface area (Å²) in [6.45, 7) is 6.79. The molecule has 3 rings (SSSR count). The molecule has 1 saturated heterocycles. The quantitative estimate of drug-likeness (QED) is 0.873. The molecule has 1 aromatic heterocycles. The third-order valence-corrected chi connectivity index (χ3v) is 4.58. The molecule has 116 valence electrons. The molecule has 0 spiro atoms. The summed E-state index contributed by atoms with van der Waals surface area (Å²) in [7, 11) is 0. The van der Waals surface area contributed by atoms with Crippen LogP contribution in [0.5, 0.6) is 0 Å². The molecule has 1 aliphatic rings. The maximum absolute atomic E-state index is 12.5. The summed E-state index contributed by atoms with van der Waals surface area (Å²) < 4.78 is 2.21. The zero-order valence-corrected chi connectivity index (χ0v) is 13.3. The maximum atomic E-state index is 12.5. The van der Waals surface area contributed by atoms with E-state index in [4.69, 9.17) is 0 Å². The SMILES string of the molecule is Cc1ccc(C(=O)N2CCC(Cn3ccnc3C)CC2)cc1. The largest absolute Gasteiger partial charge is 0.339 e. The highest BCUT2D eigenvalue weighted by atomic mass is 16.2. The third-order valence-electron chi connectivity index (χ3n) is 4.58. The summed E-state index contributed by atoms with van der Waals surface area (Å²) in [6, 6.07) is 7.86. The Balaban J connectivity index is 1.56. The van der Waals surface area contributed by atoms with Crippen LogP contribution in [0.15, 0.2) is 36.7 Å². The predicted molar refractivity (Wildman–Crippen MR) is 86.8 cm³/mol. The van der Waals surface area contributed by atoms with Crippen LogP contribution in [0.3, 0.4) is 0 Å². The van der Waals surface area contributed by atoms with Crippen LogP contribution < -0.4 is 0 Å². The summed E-state index contributed by atoms with van der Waals surface area (Å²) in [5.41, 5.74) is 1.99. The average Bonchev–Trinajstić information content (AvgIpc) is 2.93. The van der Waals surface area contributed by atoms with E-state index in [2.05, 4.69) is 9.55 Å². The minimum Gasteiger partial charge on any atom is -0.339 e. The summed E-state index contributed by atoms with van der Waals surface area (Å²) in [4.78, 5) is 18.8. The fourth-order valence-corrected chi connectivity index (χ4v) is 3.07. The van der Waals surface area contributed by atoms with Gasteiger partial charge in [0.05, 0.1) is 0 Å². The van der Waals surface area contributed by atoms with E-state index in [0.29, 0.717) is 5.92 Å². The van der Waals surface area contributed by atoms with Gasteiger partial charge >= 0.3 is 0 Å². The first kappa shape index (κ1) is 14.8. The lowest BCUT2D eigenvalue weighted by Gasteiger charge is -2.32. The van der Waals surface area contributed by atoms with Crippen molar-refractivity contribution >= 4 is 5.91 Å². The molecule has 1 amide bonds. The number of hydrogen-bond acceptors (Lipinski definition) is 2. The van der Waals surface area contributed by atoms with Crippen molar-refractivity contribution in [3.05, 3.63) is 53.6 Å². The van der Waals surface area contributed by atoms with Crippen LogP contribution in [0, 0.1) is 19.8 Å². The molecule has 0 unspecified atom stereocenters. The molecule has 1 aliphatic heterocycles. The number of nitrogens with zero attached hydrogens (tertiary/aromatic N) is 3. The highest BCUT2D eigenvalue weighted by Gasteiger charge is 2.24. The van der Waals surface area contributed by atoms with E-state index < -0.39 is 0 Å². The molecule has 0 radical (unpaired) electrons. The molecule has 1 aromatic carbocycles. The normalized spacial score (nSPS) is 16.0. The second-order valence-corrected chi connectivity index (χ2v) is 6.23. The van der Waals surface area contributed by atoms with Gasteiger partial charge in [0, 0.05) is 37.6 Å². The van der Waals surface area contributed by atoms with Crippen molar-refractivity contribution in [1.82, 2.24) is 14.5 Å². The standard InChI is InChI=1S/C18H23N3O/c1-14-3-5-17(6-4-14)18(22)20-10-7-16(8-11-20)13-21-12-9-19-15(21)2/h3-6,9,12,16H,7-8,10-11,13H2,1-2H3. The average molecular weight is 297 g/mol. The Morgan fingerprint density at radius 1 is 1.18 bits per heavy atom. The fourth-order valence-electron chi connectivity index (χ4n) is 3.07. The van der Waals surface area contributed by atoms with Crippen molar-refractivity contribution in [2.45, 2.75) is 33.2 Å². The van der Waals surface area contributed by atoms with E-state index in [9.17, 15) is 4.79 Å². The van der Waals surface area contributed by atoms with Crippen LogP contribution in [0.1, 0.15) is 34.6 Å². The van der Waals surface area contributed by atoms with E-state index in [1.165, 1.54) is 5.56 Å². The number of rotatable bonds is 3. The van der Waals surface area contributed by atoms with Crippen molar-refractivity contribution in [3.63, 3.8) is 0 Å². The Hall–Kier alpha value is -2.10. The Labute approximate surface area is 131 Å². The van der Waals surface area contributed by atoms with Gasteiger partial charge in [-0.05, 0) is 44.7 Å². The molecule has 2 heterocycles. The number of piperidine rings is 1. The van der Waals surface area contributed by atoms with Gasteiger partial charge in [-0.15, -0.1) is 0 Å². The topological polar surface area (TPSA) is 38.1 Å². The maximum Gasteiger partial charge on any atom is 0.253 e. The number of aromatic nitrogens is 2. The van der Waals surface area contributed by atoms with Crippen LogP contribution in [0.2, 0.25) is 0 Å². The molecule has 0 aliphatic carbocycles. The van der Waals surface area contributed by atoms with Gasteiger partial charge in [-0.25, -0.2) is 4.98 Å². The number of benzene rings is 1. The molecule has 1 fully saturated rings. The van der Waals surface area contributed by atoms with Gasteiger partial charge in [-0.3, -0.25) is 4.79 Å². The summed E-state index contributed by atoms with van der Waals surface area (Å²) in [5, 5.41) is 0. The van der Waals surface area contributed by atoms with E-state index in [1.54, 1.807) is 0 Å². The van der Waals surface area contributed by atoms with E-state index >= 15 is 0 Å². The summed E-state index contributed by atoms with van der Waals surface area (Å²) in [6.07, 6.45) is 6.02. The van der Waals surface area contributed by atoms with Gasteiger partial charge in [-0.2, -0.15) is 0 Å². The molecule has 0 bridgehead atoms. The number of carbonyl (C=O) groups excluding carboxylic acids is 1. The zero-order chi connectivity index (χ0) is 15.5. The molecule has 22 heavy (non-hydrogen) atoms. The van der Waals surface area contributed by atoms with Gasteiger partial charge in [-0.1, -0.05) is 17.7 Å². The van der Waals surface area contributed by atoms with Crippen molar-refractivity contribution < 1.29 is 4.79 Å². The first-order valence-electron chi connectivity index (χ1n) is 7.97. The zero-order valence-electron chi connectivity index (χ0n) is 13.3. The first-order valence-corrected chi connectivity index (χ1v) is 7.97. The van der Waals surface area contributed by atoms with Gasteiger partial charge in [0.2, 0.25) is 0 Å². The van der Waals surface area contributed by atoms with Gasteiger partial charge in [0.15, 0.2) is 0 Å². The lowest BCUT2D eigenvalue weighted by atomic mass is 9.96. The fraction of sp³-hybridized carbons (Fsp3) is 0.444. The predicted octanol–water partition coefficient (Wildman–Crippen LogP) is 3.05. The minimum atomic E-state index is 0.164. The molecule has 0 N–H and O–H groups in total. The van der Waals surface area contributed by atoms with E-state index in [1.807, 2.05) is 55.4 Å². The molecule has 0 atom stereocenters. The van der Waals surface area contributed by atoms with Crippen LogP contribution in [-0.4, -0.2) is 33.4 Å². The second-order valence-electron chi connectivity index (χ2n) is 6.23. The Bertz CT molecular complexity index is 637. The molecule has 4 heteroatoms. The Morgan fingerprint density at radius 3 is 2.45 bits per heavy atom. The number of hydrogen-bond donors (Lipinski definition) is 0. The number of carbonyl (C=O) groups is 1. The van der Waals surface area contributed by atoms with E-state index in [0.717, 1.165) is 43.9 Å².